The van der Waals surface area contributed by atoms with Gasteiger partial charge in [0.15, 0.2) is 0 Å². The Balaban J connectivity index is 2.08. The zero-order valence-electron chi connectivity index (χ0n) is 14.4. The van der Waals surface area contributed by atoms with Crippen molar-refractivity contribution in [2.75, 3.05) is 17.2 Å². The fourth-order valence-electron chi connectivity index (χ4n) is 1.96. The molecule has 9 heteroatoms. The van der Waals surface area contributed by atoms with Crippen LogP contribution in [0.15, 0.2) is 39.8 Å². The van der Waals surface area contributed by atoms with Gasteiger partial charge in [-0.1, -0.05) is 20.8 Å². The van der Waals surface area contributed by atoms with Crippen LogP contribution in [0.4, 0.5) is 17.5 Å². The lowest BCUT2D eigenvalue weighted by atomic mass is 9.92. The lowest BCUT2D eigenvalue weighted by molar-refractivity contribution is 0.389. The van der Waals surface area contributed by atoms with E-state index < -0.39 is 10.0 Å². The molecule has 7 nitrogen and oxygen atoms in total. The minimum Gasteiger partial charge on any atom is -0.369 e. The van der Waals surface area contributed by atoms with Gasteiger partial charge < -0.3 is 10.6 Å². The Morgan fingerprint density at radius 2 is 1.84 bits per heavy atom. The summed E-state index contributed by atoms with van der Waals surface area (Å²) in [5, 5.41) is 11.4. The molecule has 0 bridgehead atoms. The van der Waals surface area contributed by atoms with Gasteiger partial charge in [0, 0.05) is 18.4 Å². The Kier molecular flexibility index (Phi) is 6.02. The van der Waals surface area contributed by atoms with Crippen molar-refractivity contribution in [1.82, 2.24) is 9.97 Å². The van der Waals surface area contributed by atoms with Crippen LogP contribution in [0.3, 0.4) is 0 Å². The first kappa shape index (κ1) is 19.6. The highest BCUT2D eigenvalue weighted by molar-refractivity contribution is 9.10. The number of rotatable bonds is 6. The summed E-state index contributed by atoms with van der Waals surface area (Å²) in [5.41, 5.74) is 0.897. The minimum atomic E-state index is -3.70. The predicted molar refractivity (Wildman–Crippen MR) is 103 cm³/mol. The number of nitrogens with two attached hydrogens (primary N) is 1. The molecule has 0 atom stereocenters. The number of hydrogen-bond donors (Lipinski definition) is 3. The maximum atomic E-state index is 11.3. The smallest absolute Gasteiger partial charge is 0.238 e. The molecule has 0 spiro atoms. The van der Waals surface area contributed by atoms with E-state index in [-0.39, 0.29) is 10.3 Å². The Labute approximate surface area is 156 Å². The summed E-state index contributed by atoms with van der Waals surface area (Å²) in [4.78, 5) is 8.70. The van der Waals surface area contributed by atoms with Crippen molar-refractivity contribution in [3.63, 3.8) is 0 Å². The highest BCUT2D eigenvalue weighted by Gasteiger charge is 2.11. The highest BCUT2D eigenvalue weighted by Crippen LogP contribution is 2.24. The topological polar surface area (TPSA) is 110 Å². The summed E-state index contributed by atoms with van der Waals surface area (Å²) >= 11 is 3.43. The van der Waals surface area contributed by atoms with Crippen LogP contribution >= 0.6 is 15.9 Å². The van der Waals surface area contributed by atoms with Crippen LogP contribution in [-0.2, 0) is 10.0 Å². The Morgan fingerprint density at radius 1 is 1.20 bits per heavy atom. The van der Waals surface area contributed by atoms with E-state index in [9.17, 15) is 8.42 Å². The van der Waals surface area contributed by atoms with Crippen LogP contribution < -0.4 is 15.8 Å². The molecule has 0 radical (unpaired) electrons. The van der Waals surface area contributed by atoms with E-state index in [0.29, 0.717) is 17.5 Å². The summed E-state index contributed by atoms with van der Waals surface area (Å²) in [6.45, 7) is 7.34. The van der Waals surface area contributed by atoms with Crippen molar-refractivity contribution >= 4 is 43.4 Å². The fraction of sp³-hybridized carbons (Fsp3) is 0.375. The molecule has 0 fully saturated rings. The van der Waals surface area contributed by atoms with Crippen LogP contribution in [0.25, 0.3) is 0 Å². The second-order valence-electron chi connectivity index (χ2n) is 6.82. The molecule has 0 saturated heterocycles. The Morgan fingerprint density at radius 3 is 2.40 bits per heavy atom. The van der Waals surface area contributed by atoms with Crippen molar-refractivity contribution < 1.29 is 8.42 Å². The maximum absolute atomic E-state index is 11.3. The number of sulfonamides is 1. The van der Waals surface area contributed by atoms with Gasteiger partial charge in [-0.2, -0.15) is 4.98 Å². The summed E-state index contributed by atoms with van der Waals surface area (Å²) < 4.78 is 23.3. The summed E-state index contributed by atoms with van der Waals surface area (Å²) in [6.07, 6.45) is 2.66. The number of nitrogens with one attached hydrogen (secondary N) is 2. The Bertz CT molecular complexity index is 833. The third kappa shape index (κ3) is 6.26. The standard InChI is InChI=1S/C16H22BrN5O2S/c1-16(2,3)8-9-19-14-13(17)10-20-15(22-14)21-11-4-6-12(7-5-11)25(18,23)24/h4-7,10H,8-9H2,1-3H3,(H2,18,23,24)(H2,19,20,21,22). The Hall–Kier alpha value is -1.71. The van der Waals surface area contributed by atoms with E-state index in [0.717, 1.165) is 17.4 Å². The van der Waals surface area contributed by atoms with Crippen molar-refractivity contribution in [2.24, 2.45) is 10.6 Å². The second kappa shape index (κ2) is 7.67. The molecule has 1 heterocycles. The first-order valence-electron chi connectivity index (χ1n) is 7.71. The van der Waals surface area contributed by atoms with Gasteiger partial charge in [-0.15, -0.1) is 0 Å². The number of primary sulfonamides is 1. The van der Waals surface area contributed by atoms with Crippen LogP contribution in [0, 0.1) is 5.41 Å². The molecule has 4 N–H and O–H groups in total. The van der Waals surface area contributed by atoms with E-state index in [4.69, 9.17) is 5.14 Å². The van der Waals surface area contributed by atoms with Crippen molar-refractivity contribution in [3.8, 4) is 0 Å². The summed E-state index contributed by atoms with van der Waals surface area (Å²) in [5.74, 6) is 1.10. The van der Waals surface area contributed by atoms with E-state index in [1.165, 1.54) is 12.1 Å². The number of aromatic nitrogens is 2. The van der Waals surface area contributed by atoms with Crippen LogP contribution in [-0.4, -0.2) is 24.9 Å². The van der Waals surface area contributed by atoms with Gasteiger partial charge in [0.1, 0.15) is 5.82 Å². The predicted octanol–water partition coefficient (Wildman–Crippen LogP) is 3.48. The highest BCUT2D eigenvalue weighted by atomic mass is 79.9. The lowest BCUT2D eigenvalue weighted by Gasteiger charge is -2.18. The number of anilines is 3. The second-order valence-corrected chi connectivity index (χ2v) is 9.24. The van der Waals surface area contributed by atoms with Crippen LogP contribution in [0.5, 0.6) is 0 Å². The van der Waals surface area contributed by atoms with Gasteiger partial charge in [-0.3, -0.25) is 0 Å². The SMILES string of the molecule is CC(C)(C)CCNc1nc(Nc2ccc(S(N)(=O)=O)cc2)ncc1Br. The molecule has 136 valence electrons. The van der Waals surface area contributed by atoms with Gasteiger partial charge in [0.25, 0.3) is 0 Å². The quantitative estimate of drug-likeness (QED) is 0.650. The van der Waals surface area contributed by atoms with Gasteiger partial charge in [0.05, 0.1) is 9.37 Å². The number of nitrogens with zero attached hydrogens (tertiary/aromatic N) is 2. The van der Waals surface area contributed by atoms with E-state index >= 15 is 0 Å². The van der Waals surface area contributed by atoms with E-state index in [2.05, 4.69) is 57.3 Å². The zero-order chi connectivity index (χ0) is 18.7. The molecular formula is C16H22BrN5O2S. The van der Waals surface area contributed by atoms with Gasteiger partial charge in [-0.25, -0.2) is 18.5 Å². The third-order valence-corrected chi connectivity index (χ3v) is 4.86. The summed E-state index contributed by atoms with van der Waals surface area (Å²) in [7, 11) is -3.70. The van der Waals surface area contributed by atoms with E-state index in [1.807, 2.05) is 0 Å². The van der Waals surface area contributed by atoms with Gasteiger partial charge in [0.2, 0.25) is 16.0 Å². The summed E-state index contributed by atoms with van der Waals surface area (Å²) in [6, 6.07) is 6.08. The molecule has 0 aliphatic heterocycles. The number of halogens is 1. The average molecular weight is 428 g/mol. The van der Waals surface area contributed by atoms with E-state index in [1.54, 1.807) is 18.3 Å². The zero-order valence-corrected chi connectivity index (χ0v) is 16.8. The molecule has 2 aromatic rings. The van der Waals surface area contributed by atoms with Gasteiger partial charge in [-0.05, 0) is 52.0 Å². The molecule has 0 saturated carbocycles. The third-order valence-electron chi connectivity index (χ3n) is 3.35. The molecule has 0 unspecified atom stereocenters. The van der Waals surface area contributed by atoms with Crippen molar-refractivity contribution in [3.05, 3.63) is 34.9 Å². The minimum absolute atomic E-state index is 0.0549. The first-order chi connectivity index (χ1) is 11.5. The lowest BCUT2D eigenvalue weighted by Crippen LogP contribution is -2.14. The molecule has 0 amide bonds. The van der Waals surface area contributed by atoms with Crippen LogP contribution in [0.1, 0.15) is 27.2 Å². The monoisotopic (exact) mass is 427 g/mol. The largest absolute Gasteiger partial charge is 0.369 e. The van der Waals surface area contributed by atoms with Crippen molar-refractivity contribution in [1.29, 1.82) is 0 Å². The molecule has 1 aromatic carbocycles. The molecule has 0 aliphatic carbocycles. The molecular weight excluding hydrogens is 406 g/mol. The molecule has 2 rings (SSSR count). The van der Waals surface area contributed by atoms with Gasteiger partial charge >= 0.3 is 0 Å². The fourth-order valence-corrected chi connectivity index (χ4v) is 2.81. The molecule has 25 heavy (non-hydrogen) atoms. The maximum Gasteiger partial charge on any atom is 0.238 e. The molecule has 1 aromatic heterocycles. The first-order valence-corrected chi connectivity index (χ1v) is 10.0. The number of benzene rings is 1. The number of hydrogen-bond acceptors (Lipinski definition) is 6. The average Bonchev–Trinajstić information content (AvgIpc) is 2.49. The normalized spacial score (nSPS) is 12.0. The van der Waals surface area contributed by atoms with Crippen molar-refractivity contribution in [2.45, 2.75) is 32.1 Å². The van der Waals surface area contributed by atoms with Crippen LogP contribution in [0.2, 0.25) is 0 Å². The molecule has 0 aliphatic rings.